The van der Waals surface area contributed by atoms with Crippen LogP contribution >= 0.6 is 0 Å². The maximum atomic E-state index is 11.7. The number of nitrogens with zero attached hydrogens (tertiary/aromatic N) is 2. The van der Waals surface area contributed by atoms with Crippen LogP contribution in [0.2, 0.25) is 0 Å². The van der Waals surface area contributed by atoms with E-state index < -0.39 is 0 Å². The normalized spacial score (nSPS) is 34.9. The van der Waals surface area contributed by atoms with Crippen molar-refractivity contribution in [2.45, 2.75) is 32.4 Å². The summed E-state index contributed by atoms with van der Waals surface area (Å²) >= 11 is 0. The third-order valence-electron chi connectivity index (χ3n) is 3.55. The third kappa shape index (κ3) is 2.01. The summed E-state index contributed by atoms with van der Waals surface area (Å²) in [6.45, 7) is 5.80. The summed E-state index contributed by atoms with van der Waals surface area (Å²) in [5.41, 5.74) is 0. The summed E-state index contributed by atoms with van der Waals surface area (Å²) in [7, 11) is 1.97. The smallest absolute Gasteiger partial charge is 0.409 e. The summed E-state index contributed by atoms with van der Waals surface area (Å²) in [6, 6.07) is 0.671. The number of carbonyl (C=O) groups is 1. The fourth-order valence-corrected chi connectivity index (χ4v) is 2.60. The van der Waals surface area contributed by atoms with Gasteiger partial charge in [-0.1, -0.05) is 0 Å². The van der Waals surface area contributed by atoms with Gasteiger partial charge in [-0.3, -0.25) is 4.84 Å². The van der Waals surface area contributed by atoms with Crippen molar-refractivity contribution in [3.05, 3.63) is 0 Å². The highest BCUT2D eigenvalue weighted by Crippen LogP contribution is 2.31. The van der Waals surface area contributed by atoms with Crippen molar-refractivity contribution < 1.29 is 14.4 Å². The first-order valence-corrected chi connectivity index (χ1v) is 5.92. The van der Waals surface area contributed by atoms with Gasteiger partial charge < -0.3 is 9.64 Å². The van der Waals surface area contributed by atoms with Gasteiger partial charge in [-0.05, 0) is 20.3 Å². The molecule has 0 aromatic carbocycles. The van der Waals surface area contributed by atoms with Gasteiger partial charge >= 0.3 is 6.09 Å². The average molecular weight is 228 g/mol. The van der Waals surface area contributed by atoms with E-state index in [1.54, 1.807) is 0 Å². The molecule has 0 bridgehead atoms. The van der Waals surface area contributed by atoms with Gasteiger partial charge in [-0.2, -0.15) is 5.06 Å². The number of fused-ring (bicyclic) bond motifs is 1. The fourth-order valence-electron chi connectivity index (χ4n) is 2.60. The molecule has 0 aromatic rings. The number of hydrogen-bond acceptors (Lipinski definition) is 4. The average Bonchev–Trinajstić information content (AvgIpc) is 2.59. The molecule has 2 heterocycles. The van der Waals surface area contributed by atoms with E-state index >= 15 is 0 Å². The number of ether oxygens (including phenoxy) is 1. The summed E-state index contributed by atoms with van der Waals surface area (Å²) in [5, 5.41) is 1.93. The Morgan fingerprint density at radius 2 is 2.31 bits per heavy atom. The van der Waals surface area contributed by atoms with Crippen LogP contribution in [0.4, 0.5) is 4.79 Å². The van der Waals surface area contributed by atoms with E-state index in [1.165, 1.54) is 0 Å². The van der Waals surface area contributed by atoms with E-state index in [-0.39, 0.29) is 12.1 Å². The van der Waals surface area contributed by atoms with Gasteiger partial charge in [0.05, 0.1) is 13.2 Å². The Morgan fingerprint density at radius 1 is 1.56 bits per heavy atom. The van der Waals surface area contributed by atoms with Crippen LogP contribution in [0.25, 0.3) is 0 Å². The van der Waals surface area contributed by atoms with Crippen molar-refractivity contribution in [2.75, 3.05) is 26.8 Å². The molecule has 92 valence electrons. The van der Waals surface area contributed by atoms with Crippen LogP contribution in [0.1, 0.15) is 20.3 Å². The first-order chi connectivity index (χ1) is 7.63. The molecule has 0 aromatic heterocycles. The van der Waals surface area contributed by atoms with E-state index in [0.29, 0.717) is 25.2 Å². The highest BCUT2D eigenvalue weighted by Gasteiger charge is 2.42. The molecule has 2 saturated heterocycles. The molecule has 1 amide bonds. The lowest BCUT2D eigenvalue weighted by molar-refractivity contribution is -0.113. The first kappa shape index (κ1) is 11.7. The van der Waals surface area contributed by atoms with Crippen molar-refractivity contribution in [1.82, 2.24) is 9.96 Å². The molecule has 16 heavy (non-hydrogen) atoms. The van der Waals surface area contributed by atoms with E-state index in [2.05, 4.69) is 6.92 Å². The number of hydroxylamine groups is 2. The molecule has 0 radical (unpaired) electrons. The van der Waals surface area contributed by atoms with Crippen LogP contribution in [-0.4, -0.2) is 54.9 Å². The number of hydrogen-bond donors (Lipinski definition) is 0. The molecule has 0 spiro atoms. The van der Waals surface area contributed by atoms with Crippen molar-refractivity contribution in [2.24, 2.45) is 5.92 Å². The van der Waals surface area contributed by atoms with Gasteiger partial charge in [-0.15, -0.1) is 0 Å². The number of piperidine rings is 1. The van der Waals surface area contributed by atoms with Crippen LogP contribution in [0, 0.1) is 5.92 Å². The minimum Gasteiger partial charge on any atom is -0.450 e. The SMILES string of the molecule is CCOC(=O)N1C[C@@H]2CON(C)[C@@H]2C[C@@H]1C. The summed E-state index contributed by atoms with van der Waals surface area (Å²) in [4.78, 5) is 19.0. The maximum Gasteiger partial charge on any atom is 0.409 e. The highest BCUT2D eigenvalue weighted by atomic mass is 16.7. The molecule has 2 aliphatic rings. The largest absolute Gasteiger partial charge is 0.450 e. The zero-order valence-corrected chi connectivity index (χ0v) is 10.2. The number of amides is 1. The van der Waals surface area contributed by atoms with Crippen molar-refractivity contribution in [3.63, 3.8) is 0 Å². The monoisotopic (exact) mass is 228 g/mol. The fraction of sp³-hybridized carbons (Fsp3) is 0.909. The number of rotatable bonds is 1. The molecule has 2 rings (SSSR count). The lowest BCUT2D eigenvalue weighted by Gasteiger charge is -2.39. The molecule has 2 fully saturated rings. The summed E-state index contributed by atoms with van der Waals surface area (Å²) < 4.78 is 5.06. The molecule has 0 saturated carbocycles. The van der Waals surface area contributed by atoms with E-state index in [0.717, 1.165) is 13.0 Å². The Balaban J connectivity index is 2.00. The Bertz CT molecular complexity index is 272. The molecule has 5 nitrogen and oxygen atoms in total. The second-order valence-corrected chi connectivity index (χ2v) is 4.61. The van der Waals surface area contributed by atoms with Crippen molar-refractivity contribution in [3.8, 4) is 0 Å². The molecule has 2 aliphatic heterocycles. The first-order valence-electron chi connectivity index (χ1n) is 5.92. The van der Waals surface area contributed by atoms with Crippen LogP contribution in [-0.2, 0) is 9.57 Å². The minimum absolute atomic E-state index is 0.192. The topological polar surface area (TPSA) is 42.0 Å². The van der Waals surface area contributed by atoms with Crippen LogP contribution in [0.5, 0.6) is 0 Å². The predicted molar refractivity (Wildman–Crippen MR) is 58.8 cm³/mol. The molecule has 0 aliphatic carbocycles. The Hall–Kier alpha value is -0.810. The third-order valence-corrected chi connectivity index (χ3v) is 3.55. The Labute approximate surface area is 96.2 Å². The Kier molecular flexibility index (Phi) is 3.35. The highest BCUT2D eigenvalue weighted by molar-refractivity contribution is 5.68. The summed E-state index contributed by atoms with van der Waals surface area (Å²) in [6.07, 6.45) is 0.767. The van der Waals surface area contributed by atoms with Crippen LogP contribution in [0.15, 0.2) is 0 Å². The van der Waals surface area contributed by atoms with E-state index in [1.807, 2.05) is 23.9 Å². The number of carbonyl (C=O) groups excluding carboxylic acids is 1. The zero-order valence-electron chi connectivity index (χ0n) is 10.2. The van der Waals surface area contributed by atoms with Gasteiger partial charge in [0.2, 0.25) is 0 Å². The molecular weight excluding hydrogens is 208 g/mol. The predicted octanol–water partition coefficient (Wildman–Crippen LogP) is 1.10. The van der Waals surface area contributed by atoms with Gasteiger partial charge in [0.25, 0.3) is 0 Å². The van der Waals surface area contributed by atoms with Gasteiger partial charge in [0, 0.05) is 31.6 Å². The molecular formula is C11H20N2O3. The maximum absolute atomic E-state index is 11.7. The Morgan fingerprint density at radius 3 is 3.00 bits per heavy atom. The van der Waals surface area contributed by atoms with E-state index in [9.17, 15) is 4.79 Å². The zero-order chi connectivity index (χ0) is 11.7. The van der Waals surface area contributed by atoms with Gasteiger partial charge in [0.15, 0.2) is 0 Å². The van der Waals surface area contributed by atoms with Crippen molar-refractivity contribution in [1.29, 1.82) is 0 Å². The molecule has 0 N–H and O–H groups in total. The molecule has 0 unspecified atom stereocenters. The van der Waals surface area contributed by atoms with Crippen molar-refractivity contribution >= 4 is 6.09 Å². The minimum atomic E-state index is -0.192. The van der Waals surface area contributed by atoms with E-state index in [4.69, 9.17) is 9.57 Å². The number of likely N-dealkylation sites (tertiary alicyclic amines) is 1. The van der Waals surface area contributed by atoms with Crippen LogP contribution < -0.4 is 0 Å². The standard InChI is InChI=1S/C11H20N2O3/c1-4-15-11(14)13-6-9-7-16-12(3)10(9)5-8(13)2/h8-10H,4-7H2,1-3H3/t8-,9+,10+/m0/s1. The summed E-state index contributed by atoms with van der Waals surface area (Å²) in [5.74, 6) is 0.422. The van der Waals surface area contributed by atoms with Gasteiger partial charge in [-0.25, -0.2) is 4.79 Å². The van der Waals surface area contributed by atoms with Gasteiger partial charge in [0.1, 0.15) is 0 Å². The lowest BCUT2D eigenvalue weighted by atomic mass is 9.90. The second-order valence-electron chi connectivity index (χ2n) is 4.61. The quantitative estimate of drug-likeness (QED) is 0.674. The molecule has 5 heteroatoms. The van der Waals surface area contributed by atoms with Crippen LogP contribution in [0.3, 0.4) is 0 Å². The molecule has 3 atom stereocenters. The lowest BCUT2D eigenvalue weighted by Crippen LogP contribution is -2.52. The second kappa shape index (κ2) is 4.59.